The molecule has 7 N–H and O–H groups in total. The molecule has 0 spiro atoms. The van der Waals surface area contributed by atoms with Crippen molar-refractivity contribution in [2.75, 3.05) is 13.3 Å². The van der Waals surface area contributed by atoms with Crippen molar-refractivity contribution < 1.29 is 24.9 Å². The van der Waals surface area contributed by atoms with Crippen LogP contribution in [0.5, 0.6) is 0 Å². The van der Waals surface area contributed by atoms with Gasteiger partial charge in [0.1, 0.15) is 25.0 Å². The van der Waals surface area contributed by atoms with Crippen LogP contribution in [0.15, 0.2) is 4.99 Å². The molecule has 0 radical (unpaired) electrons. The first-order valence-corrected chi connectivity index (χ1v) is 5.25. The predicted octanol–water partition coefficient (Wildman–Crippen LogP) is -3.69. The van der Waals surface area contributed by atoms with Gasteiger partial charge in [0.15, 0.2) is 6.23 Å². The van der Waals surface area contributed by atoms with Crippen LogP contribution in [0.2, 0.25) is 0 Å². The van der Waals surface area contributed by atoms with Gasteiger partial charge < -0.3 is 25.8 Å². The molecule has 1 fully saturated rings. The quantitative estimate of drug-likeness (QED) is 0.318. The summed E-state index contributed by atoms with van der Waals surface area (Å²) in [6.07, 6.45) is -4.74. The van der Waals surface area contributed by atoms with Crippen molar-refractivity contribution in [2.45, 2.75) is 24.5 Å². The maximum Gasteiger partial charge on any atom is 0.350 e. The van der Waals surface area contributed by atoms with E-state index in [-0.39, 0.29) is 12.6 Å². The molecule has 10 nitrogen and oxygen atoms in total. The number of urea groups is 1. The minimum atomic E-state index is -1.35. The SMILES string of the molecule is NC1=NC(=O)N([C@@H]2O[C@H](CO)C(O)C2O)CN1N. The monoisotopic (exact) mass is 261 g/mol. The van der Waals surface area contributed by atoms with Gasteiger partial charge in [-0.15, -0.1) is 0 Å². The van der Waals surface area contributed by atoms with E-state index >= 15 is 0 Å². The van der Waals surface area contributed by atoms with E-state index in [0.717, 1.165) is 9.91 Å². The number of rotatable bonds is 2. The number of aliphatic hydroxyl groups is 3. The van der Waals surface area contributed by atoms with E-state index in [4.69, 9.17) is 21.4 Å². The number of carbonyl (C=O) groups excluding carboxylic acids is 1. The number of hydrazine groups is 1. The lowest BCUT2D eigenvalue weighted by Crippen LogP contribution is -2.59. The zero-order valence-electron chi connectivity index (χ0n) is 9.38. The highest BCUT2D eigenvalue weighted by Gasteiger charge is 2.47. The molecule has 2 aliphatic rings. The first-order valence-electron chi connectivity index (χ1n) is 5.25. The number of guanidine groups is 1. The van der Waals surface area contributed by atoms with Gasteiger partial charge >= 0.3 is 6.03 Å². The Morgan fingerprint density at radius 1 is 1.44 bits per heavy atom. The van der Waals surface area contributed by atoms with Crippen molar-refractivity contribution in [3.8, 4) is 0 Å². The van der Waals surface area contributed by atoms with E-state index in [1.54, 1.807) is 0 Å². The second kappa shape index (κ2) is 4.66. The Labute approximate surface area is 102 Å². The summed E-state index contributed by atoms with van der Waals surface area (Å²) in [5.41, 5.74) is 5.36. The number of ether oxygens (including phenoxy) is 1. The van der Waals surface area contributed by atoms with E-state index in [2.05, 4.69) is 4.99 Å². The predicted molar refractivity (Wildman–Crippen MR) is 57.5 cm³/mol. The first kappa shape index (κ1) is 13.0. The van der Waals surface area contributed by atoms with Crippen LogP contribution in [0.4, 0.5) is 4.79 Å². The van der Waals surface area contributed by atoms with Gasteiger partial charge in [0.05, 0.1) is 6.61 Å². The number of hydrogen-bond donors (Lipinski definition) is 5. The molecule has 4 atom stereocenters. The normalized spacial score (nSPS) is 37.1. The third-order valence-corrected chi connectivity index (χ3v) is 2.88. The van der Waals surface area contributed by atoms with Crippen LogP contribution in [0, 0.1) is 0 Å². The fraction of sp³-hybridized carbons (Fsp3) is 0.750. The zero-order valence-corrected chi connectivity index (χ0v) is 9.38. The topological polar surface area (TPSA) is 158 Å². The third kappa shape index (κ3) is 2.00. The van der Waals surface area contributed by atoms with E-state index in [1.165, 1.54) is 0 Å². The molecule has 10 heteroatoms. The zero-order chi connectivity index (χ0) is 13.4. The molecule has 2 amide bonds. The molecule has 2 rings (SSSR count). The van der Waals surface area contributed by atoms with Gasteiger partial charge in [0, 0.05) is 0 Å². The lowest BCUT2D eigenvalue weighted by molar-refractivity contribution is -0.0881. The molecule has 0 aliphatic carbocycles. The number of nitrogens with zero attached hydrogens (tertiary/aromatic N) is 3. The van der Waals surface area contributed by atoms with Crippen molar-refractivity contribution in [1.82, 2.24) is 9.91 Å². The largest absolute Gasteiger partial charge is 0.394 e. The Bertz CT molecular complexity index is 377. The molecule has 0 saturated carbocycles. The Hall–Kier alpha value is -1.46. The fourth-order valence-corrected chi connectivity index (χ4v) is 1.85. The van der Waals surface area contributed by atoms with Crippen LogP contribution in [0.3, 0.4) is 0 Å². The molecule has 18 heavy (non-hydrogen) atoms. The number of aliphatic hydroxyl groups excluding tert-OH is 3. The van der Waals surface area contributed by atoms with Crippen LogP contribution >= 0.6 is 0 Å². The highest BCUT2D eigenvalue weighted by Crippen LogP contribution is 2.25. The summed E-state index contributed by atoms with van der Waals surface area (Å²) in [7, 11) is 0. The summed E-state index contributed by atoms with van der Waals surface area (Å²) in [5, 5.41) is 29.3. The molecular formula is C8H15N5O5. The molecule has 1 saturated heterocycles. The fourth-order valence-electron chi connectivity index (χ4n) is 1.85. The van der Waals surface area contributed by atoms with Gasteiger partial charge in [-0.1, -0.05) is 0 Å². The van der Waals surface area contributed by atoms with Gasteiger partial charge in [0.25, 0.3) is 0 Å². The van der Waals surface area contributed by atoms with Crippen molar-refractivity contribution >= 4 is 12.0 Å². The van der Waals surface area contributed by atoms with E-state index < -0.39 is 37.2 Å². The number of nitrogens with two attached hydrogens (primary N) is 2. The van der Waals surface area contributed by atoms with Crippen molar-refractivity contribution in [3.05, 3.63) is 0 Å². The third-order valence-electron chi connectivity index (χ3n) is 2.88. The first-order chi connectivity index (χ1) is 8.45. The summed E-state index contributed by atoms with van der Waals surface area (Å²) in [6, 6.07) is -0.732. The van der Waals surface area contributed by atoms with Crippen LogP contribution in [-0.4, -0.2) is 75.0 Å². The maximum atomic E-state index is 11.6. The van der Waals surface area contributed by atoms with Gasteiger partial charge in [-0.25, -0.2) is 10.6 Å². The van der Waals surface area contributed by atoms with Gasteiger partial charge in [-0.3, -0.25) is 9.91 Å². The summed E-state index contributed by atoms with van der Waals surface area (Å²) in [5.74, 6) is 5.33. The molecule has 0 aromatic heterocycles. The van der Waals surface area contributed by atoms with Gasteiger partial charge in [-0.05, 0) is 0 Å². The molecule has 0 bridgehead atoms. The van der Waals surface area contributed by atoms with Gasteiger partial charge in [-0.2, -0.15) is 4.99 Å². The Morgan fingerprint density at radius 2 is 2.11 bits per heavy atom. The van der Waals surface area contributed by atoms with E-state index in [0.29, 0.717) is 0 Å². The molecular weight excluding hydrogens is 246 g/mol. The summed E-state index contributed by atoms with van der Waals surface area (Å²) >= 11 is 0. The lowest BCUT2D eigenvalue weighted by Gasteiger charge is -2.35. The second-order valence-electron chi connectivity index (χ2n) is 4.06. The maximum absolute atomic E-state index is 11.6. The molecule has 2 heterocycles. The smallest absolute Gasteiger partial charge is 0.350 e. The highest BCUT2D eigenvalue weighted by atomic mass is 16.6. The van der Waals surface area contributed by atoms with Crippen molar-refractivity contribution in [2.24, 2.45) is 16.6 Å². The van der Waals surface area contributed by atoms with E-state index in [1.807, 2.05) is 0 Å². The summed E-state index contributed by atoms with van der Waals surface area (Å²) in [4.78, 5) is 16.1. The molecule has 2 aliphatic heterocycles. The Kier molecular flexibility index (Phi) is 3.36. The number of carbonyl (C=O) groups is 1. The lowest BCUT2D eigenvalue weighted by atomic mass is 10.1. The Morgan fingerprint density at radius 3 is 2.67 bits per heavy atom. The number of hydrogen-bond acceptors (Lipinski definition) is 8. The van der Waals surface area contributed by atoms with Crippen LogP contribution in [-0.2, 0) is 4.74 Å². The molecule has 102 valence electrons. The molecule has 2 unspecified atom stereocenters. The second-order valence-corrected chi connectivity index (χ2v) is 4.06. The van der Waals surface area contributed by atoms with E-state index in [9.17, 15) is 15.0 Å². The van der Waals surface area contributed by atoms with Crippen LogP contribution in [0.25, 0.3) is 0 Å². The standard InChI is InChI=1S/C8H15N5O5/c9-7-11-8(17)12(2-13(7)10)6-5(16)4(15)3(1-14)18-6/h3-6,14-16H,1-2,10H2,(H2,9,11,17)/t3-,4?,5?,6-/m1/s1. The van der Waals surface area contributed by atoms with Gasteiger partial charge in [0.2, 0.25) is 5.96 Å². The minimum absolute atomic E-state index is 0.138. The van der Waals surface area contributed by atoms with Crippen molar-refractivity contribution in [1.29, 1.82) is 0 Å². The molecule has 0 aromatic carbocycles. The Balaban J connectivity index is 2.16. The number of amides is 2. The summed E-state index contributed by atoms with van der Waals surface area (Å²) in [6.45, 7) is -0.616. The number of aliphatic imine (C=N–C) groups is 1. The average Bonchev–Trinajstić information content (AvgIpc) is 2.61. The average molecular weight is 261 g/mol. The summed E-state index contributed by atoms with van der Waals surface area (Å²) < 4.78 is 5.19. The van der Waals surface area contributed by atoms with Crippen molar-refractivity contribution in [3.63, 3.8) is 0 Å². The minimum Gasteiger partial charge on any atom is -0.394 e. The van der Waals surface area contributed by atoms with Crippen LogP contribution in [0.1, 0.15) is 0 Å². The highest BCUT2D eigenvalue weighted by molar-refractivity contribution is 5.93. The van der Waals surface area contributed by atoms with Crippen LogP contribution < -0.4 is 11.6 Å². The molecule has 0 aromatic rings.